The van der Waals surface area contributed by atoms with E-state index in [0.717, 1.165) is 28.8 Å². The van der Waals surface area contributed by atoms with Crippen LogP contribution in [0.25, 0.3) is 0 Å². The molecule has 0 saturated heterocycles. The molecule has 3 aromatic rings. The average molecular weight is 666 g/mol. The molecule has 0 aliphatic heterocycles. The number of nitrogens with one attached hydrogen (secondary N) is 1. The van der Waals surface area contributed by atoms with Crippen molar-refractivity contribution in [1.82, 2.24) is 4.72 Å². The molecule has 254 valence electrons. The number of aliphatic hydroxyl groups is 1. The second kappa shape index (κ2) is 14.9. The van der Waals surface area contributed by atoms with E-state index in [1.54, 1.807) is 0 Å². The quantitative estimate of drug-likeness (QED) is 0.168. The first kappa shape index (κ1) is 38.2. The van der Waals surface area contributed by atoms with Gasteiger partial charge in [-0.15, -0.1) is 0 Å². The Morgan fingerprint density at radius 3 is 1.48 bits per heavy atom. The summed E-state index contributed by atoms with van der Waals surface area (Å²) >= 11 is 0. The summed E-state index contributed by atoms with van der Waals surface area (Å²) in [4.78, 5) is 0.313. The average Bonchev–Trinajstić information content (AvgIpc) is 3.01. The van der Waals surface area contributed by atoms with Crippen LogP contribution in [0.1, 0.15) is 129 Å². The number of sulfonamides is 1. The van der Waals surface area contributed by atoms with Gasteiger partial charge in [0.05, 0.1) is 17.0 Å². The van der Waals surface area contributed by atoms with Gasteiger partial charge in [-0.1, -0.05) is 149 Å². The Kier molecular flexibility index (Phi) is 12.3. The molecule has 0 bridgehead atoms. The molecule has 0 aliphatic carbocycles. The van der Waals surface area contributed by atoms with Crippen LogP contribution in [0.4, 0.5) is 0 Å². The van der Waals surface area contributed by atoms with E-state index in [-0.39, 0.29) is 22.8 Å². The third kappa shape index (κ3) is 7.71. The van der Waals surface area contributed by atoms with Gasteiger partial charge in [-0.05, 0) is 69.6 Å². The second-order valence-electron chi connectivity index (χ2n) is 14.9. The van der Waals surface area contributed by atoms with Gasteiger partial charge in [0.2, 0.25) is 10.0 Å². The molecule has 2 unspecified atom stereocenters. The molecule has 7 heteroatoms. The lowest BCUT2D eigenvalue weighted by Gasteiger charge is -2.47. The Bertz CT molecular complexity index is 1460. The van der Waals surface area contributed by atoms with Gasteiger partial charge in [-0.3, -0.25) is 0 Å². The Morgan fingerprint density at radius 1 is 0.739 bits per heavy atom. The van der Waals surface area contributed by atoms with Crippen molar-refractivity contribution in [3.05, 3.63) is 101 Å². The monoisotopic (exact) mass is 665 g/mol. The number of rotatable bonds is 14. The Hall–Kier alpha value is -2.29. The van der Waals surface area contributed by atoms with E-state index in [4.69, 9.17) is 4.43 Å². The van der Waals surface area contributed by atoms with E-state index in [1.807, 2.05) is 95.3 Å². The minimum atomic E-state index is -4.18. The first-order chi connectivity index (χ1) is 21.4. The van der Waals surface area contributed by atoms with Crippen LogP contribution in [-0.4, -0.2) is 34.0 Å². The van der Waals surface area contributed by atoms with Crippen molar-refractivity contribution in [3.63, 3.8) is 0 Å². The van der Waals surface area contributed by atoms with Gasteiger partial charge in [0.15, 0.2) is 8.32 Å². The van der Waals surface area contributed by atoms with Crippen LogP contribution in [-0.2, 0) is 20.1 Å². The summed E-state index contributed by atoms with van der Waals surface area (Å²) in [7, 11) is -6.61. The van der Waals surface area contributed by atoms with E-state index in [2.05, 4.69) is 65.3 Å². The normalized spacial score (nSPS) is 14.7. The summed E-state index contributed by atoms with van der Waals surface area (Å²) in [5.74, 6) is 0.192. The van der Waals surface area contributed by atoms with Crippen LogP contribution < -0.4 is 4.72 Å². The van der Waals surface area contributed by atoms with E-state index >= 15 is 8.42 Å². The van der Waals surface area contributed by atoms with E-state index in [9.17, 15) is 5.11 Å². The van der Waals surface area contributed by atoms with Crippen LogP contribution in [0.3, 0.4) is 0 Å². The molecule has 0 aliphatic rings. The zero-order valence-corrected chi connectivity index (χ0v) is 32.1. The van der Waals surface area contributed by atoms with E-state index < -0.39 is 36.1 Å². The van der Waals surface area contributed by atoms with Crippen LogP contribution in [0.2, 0.25) is 17.1 Å². The molecule has 0 spiro atoms. The minimum absolute atomic E-state index is 0.0295. The SMILES string of the molecule is CC[Si](CC)(OC(C)C(NS(=O)(=O)c1c(C(C)C)cc(C(C)C)cc1C(C)C)C(O)(c1ccccc1)c1ccccc1)C(C)(C)C. The third-order valence-electron chi connectivity index (χ3n) is 9.90. The first-order valence-corrected chi connectivity index (χ1v) is 20.9. The molecule has 0 saturated carbocycles. The summed E-state index contributed by atoms with van der Waals surface area (Å²) in [5, 5.41) is 13.0. The maximum Gasteiger partial charge on any atom is 0.241 e. The summed E-state index contributed by atoms with van der Waals surface area (Å²) in [6.45, 7) is 25.4. The Balaban J connectivity index is 2.39. The molecule has 46 heavy (non-hydrogen) atoms. The van der Waals surface area contributed by atoms with Crippen LogP contribution in [0.15, 0.2) is 77.7 Å². The van der Waals surface area contributed by atoms with E-state index in [0.29, 0.717) is 16.0 Å². The molecule has 2 atom stereocenters. The lowest BCUT2D eigenvalue weighted by molar-refractivity contribution is -0.00355. The van der Waals surface area contributed by atoms with Gasteiger partial charge in [0.1, 0.15) is 5.60 Å². The minimum Gasteiger partial charge on any atom is -0.412 e. The van der Waals surface area contributed by atoms with Gasteiger partial charge in [0, 0.05) is 0 Å². The second-order valence-corrected chi connectivity index (χ2v) is 21.7. The highest BCUT2D eigenvalue weighted by Crippen LogP contribution is 2.45. The molecule has 0 fully saturated rings. The highest BCUT2D eigenvalue weighted by Gasteiger charge is 2.51. The summed E-state index contributed by atoms with van der Waals surface area (Å²) < 4.78 is 40.4. The zero-order chi connectivity index (χ0) is 34.7. The zero-order valence-electron chi connectivity index (χ0n) is 30.3. The number of hydrogen-bond donors (Lipinski definition) is 2. The fourth-order valence-corrected chi connectivity index (χ4v) is 13.1. The highest BCUT2D eigenvalue weighted by atomic mass is 32.2. The van der Waals surface area contributed by atoms with E-state index in [1.165, 1.54) is 0 Å². The van der Waals surface area contributed by atoms with Crippen molar-refractivity contribution in [2.45, 2.75) is 141 Å². The topological polar surface area (TPSA) is 75.6 Å². The van der Waals surface area contributed by atoms with Crippen molar-refractivity contribution >= 4 is 18.3 Å². The van der Waals surface area contributed by atoms with Crippen molar-refractivity contribution in [3.8, 4) is 0 Å². The summed E-state index contributed by atoms with van der Waals surface area (Å²) in [6, 6.07) is 23.6. The van der Waals surface area contributed by atoms with Gasteiger partial charge >= 0.3 is 0 Å². The highest BCUT2D eigenvalue weighted by molar-refractivity contribution is 7.89. The van der Waals surface area contributed by atoms with Crippen molar-refractivity contribution < 1.29 is 18.0 Å². The standard InChI is InChI=1S/C39H59NO4SSi/c1-13-46(14-2,38(10,11)12)44-30(9)37(39(41,32-21-17-15-18-22-32)33-23-19-16-20-24-33)40-45(42,43)36-34(28(5)6)25-31(27(3)4)26-35(36)29(7)8/h15-30,37,40-41H,13-14H2,1-12H3. The summed E-state index contributed by atoms with van der Waals surface area (Å²) in [6.07, 6.45) is -0.661. The van der Waals surface area contributed by atoms with Gasteiger partial charge in [-0.25, -0.2) is 13.1 Å². The largest absolute Gasteiger partial charge is 0.412 e. The molecule has 0 radical (unpaired) electrons. The predicted molar refractivity (Wildman–Crippen MR) is 196 cm³/mol. The summed E-state index contributed by atoms with van der Waals surface area (Å²) in [5.41, 5.74) is 2.17. The molecule has 0 aromatic heterocycles. The molecule has 5 nitrogen and oxygen atoms in total. The van der Waals surface area contributed by atoms with Gasteiger partial charge < -0.3 is 9.53 Å². The maximum absolute atomic E-state index is 15.0. The van der Waals surface area contributed by atoms with Crippen molar-refractivity contribution in [1.29, 1.82) is 0 Å². The molecular weight excluding hydrogens is 607 g/mol. The lowest BCUT2D eigenvalue weighted by atomic mass is 9.78. The van der Waals surface area contributed by atoms with Crippen LogP contribution in [0.5, 0.6) is 0 Å². The first-order valence-electron chi connectivity index (χ1n) is 17.1. The van der Waals surface area contributed by atoms with Crippen LogP contribution >= 0.6 is 0 Å². The Labute approximate surface area is 281 Å². The third-order valence-corrected chi connectivity index (χ3v) is 17.3. The maximum atomic E-state index is 15.0. The fourth-order valence-electron chi connectivity index (χ4n) is 6.93. The Morgan fingerprint density at radius 2 is 1.15 bits per heavy atom. The lowest BCUT2D eigenvalue weighted by Crippen LogP contribution is -2.60. The molecule has 3 aromatic carbocycles. The molecular formula is C39H59NO4SSi. The number of benzene rings is 3. The fraction of sp³-hybridized carbons (Fsp3) is 0.538. The van der Waals surface area contributed by atoms with Crippen molar-refractivity contribution in [2.75, 3.05) is 0 Å². The smallest absolute Gasteiger partial charge is 0.241 e. The molecule has 2 N–H and O–H groups in total. The van der Waals surface area contributed by atoms with Gasteiger partial charge in [-0.2, -0.15) is 0 Å². The number of hydrogen-bond acceptors (Lipinski definition) is 4. The molecule has 3 rings (SSSR count). The molecule has 0 amide bonds. The molecule has 0 heterocycles. The van der Waals surface area contributed by atoms with Crippen molar-refractivity contribution in [2.24, 2.45) is 0 Å². The predicted octanol–water partition coefficient (Wildman–Crippen LogP) is 9.83. The van der Waals surface area contributed by atoms with Gasteiger partial charge in [0.25, 0.3) is 0 Å². The van der Waals surface area contributed by atoms with Crippen LogP contribution in [0, 0.1) is 0 Å².